The number of carbonyl (C=O) groups excluding carboxylic acids is 2. The summed E-state index contributed by atoms with van der Waals surface area (Å²) in [5.74, 6) is -0.758. The van der Waals surface area contributed by atoms with Crippen LogP contribution in [-0.4, -0.2) is 23.0 Å². The van der Waals surface area contributed by atoms with Gasteiger partial charge < -0.3 is 5.11 Å². The molecule has 2 rings (SSSR count). The van der Waals surface area contributed by atoms with Crippen molar-refractivity contribution in [2.75, 3.05) is 4.90 Å². The molecule has 4 heteroatoms. The summed E-state index contributed by atoms with van der Waals surface area (Å²) < 4.78 is 0. The van der Waals surface area contributed by atoms with Gasteiger partial charge >= 0.3 is 0 Å². The second-order valence-electron chi connectivity index (χ2n) is 3.14. The number of para-hydroxylation sites is 1. The van der Waals surface area contributed by atoms with Crippen LogP contribution in [-0.2, 0) is 4.79 Å². The van der Waals surface area contributed by atoms with Crippen molar-refractivity contribution in [2.24, 2.45) is 0 Å². The van der Waals surface area contributed by atoms with E-state index in [1.54, 1.807) is 24.3 Å². The quantitative estimate of drug-likeness (QED) is 0.651. The molecule has 1 aliphatic heterocycles. The van der Waals surface area contributed by atoms with E-state index >= 15 is 0 Å². The Morgan fingerprint density at radius 3 is 2.71 bits per heavy atom. The maximum Gasteiger partial charge on any atom is 0.226 e. The highest BCUT2D eigenvalue weighted by atomic mass is 16.3. The molecular formula is C10H9NO3. The number of nitrogens with zero attached hydrogens (tertiary/aromatic N) is 1. The molecule has 1 N–H and O–H groups in total. The van der Waals surface area contributed by atoms with Gasteiger partial charge in [-0.25, -0.2) is 0 Å². The zero-order valence-electron chi connectivity index (χ0n) is 7.60. The van der Waals surface area contributed by atoms with E-state index in [2.05, 4.69) is 0 Å². The zero-order valence-corrected chi connectivity index (χ0v) is 7.60. The Kier molecular flexibility index (Phi) is 1.86. The largest absolute Gasteiger partial charge is 0.366 e. The predicted molar refractivity (Wildman–Crippen MR) is 49.9 cm³/mol. The molecule has 0 aromatic heterocycles. The molecule has 14 heavy (non-hydrogen) atoms. The molecule has 0 bridgehead atoms. The highest BCUT2D eigenvalue weighted by molar-refractivity contribution is 6.16. The minimum absolute atomic E-state index is 0.337. The molecule has 0 fully saturated rings. The molecule has 0 aliphatic carbocycles. The van der Waals surface area contributed by atoms with Gasteiger partial charge in [0.1, 0.15) is 0 Å². The van der Waals surface area contributed by atoms with Crippen LogP contribution in [0.1, 0.15) is 17.3 Å². The van der Waals surface area contributed by atoms with E-state index in [0.717, 1.165) is 4.90 Å². The minimum atomic E-state index is -1.36. The van der Waals surface area contributed by atoms with Crippen molar-refractivity contribution in [1.82, 2.24) is 0 Å². The highest BCUT2D eigenvalue weighted by Crippen LogP contribution is 2.30. The van der Waals surface area contributed by atoms with E-state index in [9.17, 15) is 14.7 Å². The van der Waals surface area contributed by atoms with E-state index in [0.29, 0.717) is 11.3 Å². The highest BCUT2D eigenvalue weighted by Gasteiger charge is 2.37. The normalized spacial score (nSPS) is 19.7. The van der Waals surface area contributed by atoms with Gasteiger partial charge in [-0.2, -0.15) is 0 Å². The number of ketones is 1. The van der Waals surface area contributed by atoms with Crippen LogP contribution >= 0.6 is 0 Å². The van der Waals surface area contributed by atoms with Crippen LogP contribution < -0.4 is 4.90 Å². The van der Waals surface area contributed by atoms with Crippen molar-refractivity contribution in [3.05, 3.63) is 29.8 Å². The molecule has 0 saturated carbocycles. The van der Waals surface area contributed by atoms with Gasteiger partial charge in [-0.1, -0.05) is 12.1 Å². The first kappa shape index (κ1) is 8.90. The number of aliphatic hydroxyl groups is 1. The molecule has 1 aromatic rings. The molecule has 1 aliphatic rings. The van der Waals surface area contributed by atoms with Crippen LogP contribution in [0.4, 0.5) is 5.69 Å². The lowest BCUT2D eigenvalue weighted by atomic mass is 10.1. The molecule has 72 valence electrons. The third-order valence-corrected chi connectivity index (χ3v) is 2.25. The van der Waals surface area contributed by atoms with Crippen LogP contribution in [0.2, 0.25) is 0 Å². The van der Waals surface area contributed by atoms with Crippen molar-refractivity contribution in [1.29, 1.82) is 0 Å². The number of hydrogen-bond acceptors (Lipinski definition) is 3. The second kappa shape index (κ2) is 2.92. The number of aliphatic hydroxyl groups excluding tert-OH is 1. The molecule has 1 atom stereocenters. The SMILES string of the molecule is CC(=O)N1c2ccccc2C(=O)C1O. The number of anilines is 1. The monoisotopic (exact) mass is 191 g/mol. The van der Waals surface area contributed by atoms with Crippen molar-refractivity contribution in [2.45, 2.75) is 13.2 Å². The maximum absolute atomic E-state index is 11.5. The van der Waals surface area contributed by atoms with E-state index in [1.807, 2.05) is 0 Å². The summed E-state index contributed by atoms with van der Waals surface area (Å²) in [6, 6.07) is 6.67. The number of fused-ring (bicyclic) bond motifs is 1. The van der Waals surface area contributed by atoms with Gasteiger partial charge in [-0.3, -0.25) is 14.5 Å². The van der Waals surface area contributed by atoms with Gasteiger partial charge in [0.15, 0.2) is 6.23 Å². The lowest BCUT2D eigenvalue weighted by molar-refractivity contribution is -0.117. The Morgan fingerprint density at radius 2 is 2.07 bits per heavy atom. The van der Waals surface area contributed by atoms with Crippen LogP contribution in [0.25, 0.3) is 0 Å². The molecule has 0 spiro atoms. The first-order valence-corrected chi connectivity index (χ1v) is 4.24. The predicted octanol–water partition coefficient (Wildman–Crippen LogP) is 0.554. The Balaban J connectivity index is 2.59. The molecule has 1 amide bonds. The number of rotatable bonds is 0. The van der Waals surface area contributed by atoms with Gasteiger partial charge in [0.05, 0.1) is 5.69 Å². The van der Waals surface area contributed by atoms with Crippen molar-refractivity contribution >= 4 is 17.4 Å². The van der Waals surface area contributed by atoms with Crippen LogP contribution in [0, 0.1) is 0 Å². The summed E-state index contributed by atoms with van der Waals surface area (Å²) in [4.78, 5) is 23.7. The second-order valence-corrected chi connectivity index (χ2v) is 3.14. The summed E-state index contributed by atoms with van der Waals surface area (Å²) >= 11 is 0. The first-order valence-electron chi connectivity index (χ1n) is 4.24. The standard InChI is InChI=1S/C10H9NO3/c1-6(12)11-8-5-3-2-4-7(8)9(13)10(11)14/h2-5,10,14H,1H3. The minimum Gasteiger partial charge on any atom is -0.366 e. The molecule has 0 saturated heterocycles. The van der Waals surface area contributed by atoms with Crippen molar-refractivity contribution in [3.8, 4) is 0 Å². The zero-order chi connectivity index (χ0) is 10.3. The third kappa shape index (κ3) is 1.04. The fourth-order valence-corrected chi connectivity index (χ4v) is 1.62. The number of hydrogen-bond donors (Lipinski definition) is 1. The van der Waals surface area contributed by atoms with Crippen LogP contribution in [0.5, 0.6) is 0 Å². The van der Waals surface area contributed by atoms with Gasteiger partial charge in [0.2, 0.25) is 11.7 Å². The van der Waals surface area contributed by atoms with E-state index in [4.69, 9.17) is 0 Å². The fourth-order valence-electron chi connectivity index (χ4n) is 1.62. The first-order chi connectivity index (χ1) is 6.63. The van der Waals surface area contributed by atoms with E-state index in [1.165, 1.54) is 6.92 Å². The van der Waals surface area contributed by atoms with Crippen molar-refractivity contribution in [3.63, 3.8) is 0 Å². The molecule has 0 radical (unpaired) electrons. The smallest absolute Gasteiger partial charge is 0.226 e. The van der Waals surface area contributed by atoms with Gasteiger partial charge in [0, 0.05) is 12.5 Å². The summed E-state index contributed by atoms with van der Waals surface area (Å²) in [6.07, 6.45) is -1.36. The Hall–Kier alpha value is -1.68. The van der Waals surface area contributed by atoms with Crippen molar-refractivity contribution < 1.29 is 14.7 Å². The fraction of sp³-hybridized carbons (Fsp3) is 0.200. The number of carbonyl (C=O) groups is 2. The van der Waals surface area contributed by atoms with Gasteiger partial charge in [-0.05, 0) is 12.1 Å². The molecule has 4 nitrogen and oxygen atoms in total. The Labute approximate surface area is 80.8 Å². The molecular weight excluding hydrogens is 182 g/mol. The summed E-state index contributed by atoms with van der Waals surface area (Å²) in [7, 11) is 0. The number of benzene rings is 1. The van der Waals surface area contributed by atoms with E-state index in [-0.39, 0.29) is 5.91 Å². The Bertz CT molecular complexity index is 414. The third-order valence-electron chi connectivity index (χ3n) is 2.25. The van der Waals surface area contributed by atoms with E-state index < -0.39 is 12.0 Å². The topological polar surface area (TPSA) is 57.6 Å². The number of Topliss-reactive ketones (excluding diaryl/α,β-unsaturated/α-hetero) is 1. The van der Waals surface area contributed by atoms with Crippen LogP contribution in [0.3, 0.4) is 0 Å². The van der Waals surface area contributed by atoms with Gasteiger partial charge in [0.25, 0.3) is 0 Å². The summed E-state index contributed by atoms with van der Waals surface area (Å²) in [6.45, 7) is 1.32. The average Bonchev–Trinajstić information content (AvgIpc) is 2.41. The number of amides is 1. The lowest BCUT2D eigenvalue weighted by Gasteiger charge is -2.17. The molecule has 1 aromatic carbocycles. The average molecular weight is 191 g/mol. The van der Waals surface area contributed by atoms with Gasteiger partial charge in [-0.15, -0.1) is 0 Å². The van der Waals surface area contributed by atoms with Crippen LogP contribution in [0.15, 0.2) is 24.3 Å². The Morgan fingerprint density at radius 1 is 1.43 bits per heavy atom. The molecule has 1 heterocycles. The molecule has 1 unspecified atom stereocenters. The summed E-state index contributed by atoms with van der Waals surface area (Å²) in [5.41, 5.74) is 0.882. The maximum atomic E-state index is 11.5. The lowest BCUT2D eigenvalue weighted by Crippen LogP contribution is -2.38. The summed E-state index contributed by atoms with van der Waals surface area (Å²) in [5, 5.41) is 9.50.